The predicted octanol–water partition coefficient (Wildman–Crippen LogP) is 1.12. The zero-order valence-corrected chi connectivity index (χ0v) is 14.0. The van der Waals surface area contributed by atoms with Crippen LogP contribution in [0.4, 0.5) is 0 Å². The topological polar surface area (TPSA) is 71.8 Å². The molecule has 1 aromatic heterocycles. The van der Waals surface area contributed by atoms with E-state index in [1.54, 1.807) is 0 Å². The number of hydrogen-bond acceptors (Lipinski definition) is 5. The average molecular weight is 328 g/mol. The van der Waals surface area contributed by atoms with Crippen LogP contribution in [-0.4, -0.2) is 51.4 Å². The lowest BCUT2D eigenvalue weighted by atomic mass is 9.79. The van der Waals surface area contributed by atoms with Gasteiger partial charge in [0.05, 0.1) is 18.4 Å². The number of likely N-dealkylation sites (tertiary alicyclic amines) is 1. The Kier molecular flexibility index (Phi) is 4.33. The molecule has 2 saturated heterocycles. The molecule has 0 aliphatic carbocycles. The van der Waals surface area contributed by atoms with Gasteiger partial charge >= 0.3 is 0 Å². The van der Waals surface area contributed by atoms with Crippen molar-refractivity contribution >= 4 is 10.0 Å². The van der Waals surface area contributed by atoms with Gasteiger partial charge < -0.3 is 9.15 Å². The molecule has 0 bridgehead atoms. The lowest BCUT2D eigenvalue weighted by Crippen LogP contribution is -2.64. The summed E-state index contributed by atoms with van der Waals surface area (Å²) >= 11 is 0. The van der Waals surface area contributed by atoms with Crippen molar-refractivity contribution in [2.45, 2.75) is 31.9 Å². The van der Waals surface area contributed by atoms with E-state index >= 15 is 0 Å². The lowest BCUT2D eigenvalue weighted by molar-refractivity contribution is -0.138. The number of furan rings is 1. The summed E-state index contributed by atoms with van der Waals surface area (Å²) in [5.41, 5.74) is -0.0825. The van der Waals surface area contributed by atoms with Crippen molar-refractivity contribution in [1.82, 2.24) is 9.62 Å². The molecule has 0 aromatic carbocycles. The fourth-order valence-corrected chi connectivity index (χ4v) is 4.06. The zero-order chi connectivity index (χ0) is 15.8. The van der Waals surface area contributed by atoms with Crippen LogP contribution in [0.2, 0.25) is 0 Å². The normalized spacial score (nSPS) is 24.7. The highest BCUT2D eigenvalue weighted by Crippen LogP contribution is 2.42. The maximum Gasteiger partial charge on any atom is 0.208 e. The van der Waals surface area contributed by atoms with E-state index in [1.807, 2.05) is 19.1 Å². The summed E-state index contributed by atoms with van der Waals surface area (Å²) in [7, 11) is -3.10. The third-order valence-electron chi connectivity index (χ3n) is 4.61. The Bertz CT molecular complexity index is 619. The molecule has 3 rings (SSSR count). The number of ether oxygens (including phenoxy) is 1. The van der Waals surface area contributed by atoms with Gasteiger partial charge in [0.15, 0.2) is 0 Å². The molecule has 7 heteroatoms. The van der Waals surface area contributed by atoms with Gasteiger partial charge in [0, 0.05) is 26.2 Å². The van der Waals surface area contributed by atoms with E-state index < -0.39 is 10.0 Å². The van der Waals surface area contributed by atoms with E-state index in [-0.39, 0.29) is 5.60 Å². The number of hydrogen-bond donors (Lipinski definition) is 1. The van der Waals surface area contributed by atoms with Crippen LogP contribution in [0, 0.1) is 12.8 Å². The highest BCUT2D eigenvalue weighted by atomic mass is 32.2. The molecular weight excluding hydrogens is 304 g/mol. The summed E-state index contributed by atoms with van der Waals surface area (Å²) < 4.78 is 36.5. The summed E-state index contributed by atoms with van der Waals surface area (Å²) in [6.45, 7) is 5.83. The quantitative estimate of drug-likeness (QED) is 0.847. The van der Waals surface area contributed by atoms with Gasteiger partial charge in [-0.1, -0.05) is 0 Å². The molecule has 0 radical (unpaired) electrons. The minimum Gasteiger partial charge on any atom is -0.465 e. The van der Waals surface area contributed by atoms with Gasteiger partial charge in [0.1, 0.15) is 11.5 Å². The van der Waals surface area contributed by atoms with Crippen LogP contribution in [0.25, 0.3) is 0 Å². The molecule has 0 amide bonds. The van der Waals surface area contributed by atoms with E-state index in [0.717, 1.165) is 50.6 Å². The molecule has 2 aliphatic rings. The van der Waals surface area contributed by atoms with Gasteiger partial charge in [-0.25, -0.2) is 13.1 Å². The van der Waals surface area contributed by atoms with Crippen molar-refractivity contribution in [3.63, 3.8) is 0 Å². The molecule has 3 heterocycles. The van der Waals surface area contributed by atoms with Gasteiger partial charge in [0.25, 0.3) is 0 Å². The van der Waals surface area contributed by atoms with Crippen molar-refractivity contribution in [2.75, 3.05) is 32.5 Å². The fourth-order valence-electron chi connectivity index (χ4n) is 3.57. The van der Waals surface area contributed by atoms with Gasteiger partial charge in [-0.05, 0) is 37.8 Å². The molecule has 124 valence electrons. The Morgan fingerprint density at radius 2 is 2.18 bits per heavy atom. The van der Waals surface area contributed by atoms with Crippen LogP contribution in [-0.2, 0) is 21.3 Å². The summed E-state index contributed by atoms with van der Waals surface area (Å²) in [5.74, 6) is 2.35. The van der Waals surface area contributed by atoms with Gasteiger partial charge in [-0.3, -0.25) is 4.90 Å². The number of nitrogens with zero attached hydrogens (tertiary/aromatic N) is 1. The average Bonchev–Trinajstić information content (AvgIpc) is 2.95. The second-order valence-corrected chi connectivity index (χ2v) is 8.34. The molecule has 6 nitrogen and oxygen atoms in total. The Hall–Kier alpha value is -0.890. The minimum atomic E-state index is -3.10. The molecule has 1 aromatic rings. The second kappa shape index (κ2) is 5.96. The van der Waals surface area contributed by atoms with Gasteiger partial charge in [0.2, 0.25) is 10.0 Å². The van der Waals surface area contributed by atoms with Crippen molar-refractivity contribution < 1.29 is 17.6 Å². The Labute approximate surface area is 131 Å². The molecule has 1 atom stereocenters. The predicted molar refractivity (Wildman–Crippen MR) is 83.0 cm³/mol. The minimum absolute atomic E-state index is 0.0825. The number of nitrogens with one attached hydrogen (secondary N) is 1. The lowest BCUT2D eigenvalue weighted by Gasteiger charge is -2.50. The standard InChI is InChI=1S/C15H24N2O4S/c1-12-3-4-14(21-12)9-17-10-15(11-17)13(6-8-20-15)5-7-16-22(2,18)19/h3-4,13,16H,5-11H2,1-2H3/t13-/m0/s1. The van der Waals surface area contributed by atoms with E-state index in [9.17, 15) is 8.42 Å². The first-order chi connectivity index (χ1) is 10.4. The van der Waals surface area contributed by atoms with Crippen LogP contribution in [0.5, 0.6) is 0 Å². The van der Waals surface area contributed by atoms with E-state index in [1.165, 1.54) is 6.26 Å². The number of sulfonamides is 1. The molecular formula is C15H24N2O4S. The molecule has 0 unspecified atom stereocenters. The Morgan fingerprint density at radius 3 is 2.82 bits per heavy atom. The first kappa shape index (κ1) is 16.0. The van der Waals surface area contributed by atoms with Gasteiger partial charge in [-0.2, -0.15) is 0 Å². The summed E-state index contributed by atoms with van der Waals surface area (Å²) in [5, 5.41) is 0. The summed E-state index contributed by atoms with van der Waals surface area (Å²) in [6.07, 6.45) is 3.05. The van der Waals surface area contributed by atoms with Crippen molar-refractivity contribution in [3.05, 3.63) is 23.7 Å². The van der Waals surface area contributed by atoms with Crippen LogP contribution in [0.15, 0.2) is 16.5 Å². The van der Waals surface area contributed by atoms with Crippen LogP contribution in [0.1, 0.15) is 24.4 Å². The van der Waals surface area contributed by atoms with Crippen molar-refractivity contribution in [1.29, 1.82) is 0 Å². The fraction of sp³-hybridized carbons (Fsp3) is 0.733. The highest BCUT2D eigenvalue weighted by Gasteiger charge is 2.52. The Balaban J connectivity index is 1.49. The molecule has 1 N–H and O–H groups in total. The van der Waals surface area contributed by atoms with E-state index in [0.29, 0.717) is 12.5 Å². The third kappa shape index (κ3) is 3.53. The molecule has 2 aliphatic heterocycles. The van der Waals surface area contributed by atoms with E-state index in [4.69, 9.17) is 9.15 Å². The first-order valence-electron chi connectivity index (χ1n) is 7.73. The smallest absolute Gasteiger partial charge is 0.208 e. The van der Waals surface area contributed by atoms with Crippen LogP contribution in [0.3, 0.4) is 0 Å². The number of rotatable bonds is 6. The molecule has 1 spiro atoms. The third-order valence-corrected chi connectivity index (χ3v) is 5.34. The van der Waals surface area contributed by atoms with Crippen LogP contribution >= 0.6 is 0 Å². The van der Waals surface area contributed by atoms with Crippen molar-refractivity contribution in [2.24, 2.45) is 5.92 Å². The monoisotopic (exact) mass is 328 g/mol. The van der Waals surface area contributed by atoms with Gasteiger partial charge in [-0.15, -0.1) is 0 Å². The SMILES string of the molecule is Cc1ccc(CN2CC3(C2)OCC[C@@H]3CCNS(C)(=O)=O)o1. The highest BCUT2D eigenvalue weighted by molar-refractivity contribution is 7.88. The Morgan fingerprint density at radius 1 is 1.41 bits per heavy atom. The summed E-state index contributed by atoms with van der Waals surface area (Å²) in [6, 6.07) is 4.00. The maximum absolute atomic E-state index is 11.1. The molecule has 2 fully saturated rings. The maximum atomic E-state index is 11.1. The first-order valence-corrected chi connectivity index (χ1v) is 9.62. The molecule has 0 saturated carbocycles. The second-order valence-electron chi connectivity index (χ2n) is 6.51. The largest absolute Gasteiger partial charge is 0.465 e. The summed E-state index contributed by atoms with van der Waals surface area (Å²) in [4.78, 5) is 2.32. The number of aryl methyl sites for hydroxylation is 1. The van der Waals surface area contributed by atoms with E-state index in [2.05, 4.69) is 9.62 Å². The van der Waals surface area contributed by atoms with Crippen molar-refractivity contribution in [3.8, 4) is 0 Å². The zero-order valence-electron chi connectivity index (χ0n) is 13.2. The molecule has 22 heavy (non-hydrogen) atoms. The van der Waals surface area contributed by atoms with Crippen LogP contribution < -0.4 is 4.72 Å².